The highest BCUT2D eigenvalue weighted by atomic mass is 32.2. The zero-order chi connectivity index (χ0) is 13.5. The highest BCUT2D eigenvalue weighted by Crippen LogP contribution is 2.14. The van der Waals surface area contributed by atoms with Crippen LogP contribution in [0.1, 0.15) is 28.4 Å². The molecule has 0 unspecified atom stereocenters. The molecule has 0 aromatic heterocycles. The first-order chi connectivity index (χ1) is 8.54. The van der Waals surface area contributed by atoms with E-state index in [9.17, 15) is 9.59 Å². The van der Waals surface area contributed by atoms with Crippen LogP contribution in [0.5, 0.6) is 0 Å². The minimum absolute atomic E-state index is 0.0961. The van der Waals surface area contributed by atoms with Crippen LogP contribution in [0.4, 0.5) is 0 Å². The minimum Gasteiger partial charge on any atom is -0.465 e. The maximum atomic E-state index is 11.5. The Morgan fingerprint density at radius 2 is 2.11 bits per heavy atom. The Balaban J connectivity index is 2.79. The molecule has 0 radical (unpaired) electrons. The van der Waals surface area contributed by atoms with E-state index < -0.39 is 0 Å². The summed E-state index contributed by atoms with van der Waals surface area (Å²) in [5.74, 6) is 0.303. The lowest BCUT2D eigenvalue weighted by molar-refractivity contribution is -0.109. The number of carbonyl (C=O) groups excluding carboxylic acids is 2. The molecule has 1 aromatic carbocycles. The van der Waals surface area contributed by atoms with Gasteiger partial charge in [0.25, 0.3) is 0 Å². The second-order valence-electron chi connectivity index (χ2n) is 3.77. The summed E-state index contributed by atoms with van der Waals surface area (Å²) in [5, 5.41) is 0.0961. The molecule has 3 nitrogen and oxygen atoms in total. The second-order valence-corrected chi connectivity index (χ2v) is 4.97. The molecular formula is C14H16O3S. The van der Waals surface area contributed by atoms with Gasteiger partial charge in [-0.3, -0.25) is 4.79 Å². The van der Waals surface area contributed by atoms with Crippen molar-refractivity contribution in [3.8, 4) is 0 Å². The van der Waals surface area contributed by atoms with Gasteiger partial charge in [0, 0.05) is 12.7 Å². The fourth-order valence-electron chi connectivity index (χ4n) is 1.42. The number of carbonyl (C=O) groups is 2. The summed E-state index contributed by atoms with van der Waals surface area (Å²) in [6.07, 6.45) is 3.79. The molecule has 0 saturated carbocycles. The molecule has 0 N–H and O–H groups in total. The first-order valence-corrected chi connectivity index (χ1v) is 6.52. The smallest absolute Gasteiger partial charge is 0.338 e. The maximum absolute atomic E-state index is 11.5. The summed E-state index contributed by atoms with van der Waals surface area (Å²) in [5.41, 5.74) is 2.38. The summed E-state index contributed by atoms with van der Waals surface area (Å²) in [7, 11) is 1.37. The highest BCUT2D eigenvalue weighted by molar-refractivity contribution is 8.13. The zero-order valence-electron chi connectivity index (χ0n) is 10.7. The molecule has 4 heteroatoms. The average Bonchev–Trinajstić information content (AvgIpc) is 2.35. The molecule has 0 aliphatic heterocycles. The molecule has 0 bridgehead atoms. The van der Waals surface area contributed by atoms with Crippen molar-refractivity contribution in [1.82, 2.24) is 0 Å². The van der Waals surface area contributed by atoms with Gasteiger partial charge in [-0.05, 0) is 24.1 Å². The van der Waals surface area contributed by atoms with E-state index in [4.69, 9.17) is 4.74 Å². The van der Waals surface area contributed by atoms with E-state index in [1.165, 1.54) is 18.9 Å². The van der Waals surface area contributed by atoms with Gasteiger partial charge in [-0.25, -0.2) is 4.79 Å². The Labute approximate surface area is 111 Å². The van der Waals surface area contributed by atoms with Crippen molar-refractivity contribution in [3.05, 3.63) is 41.0 Å². The topological polar surface area (TPSA) is 43.4 Å². The van der Waals surface area contributed by atoms with Gasteiger partial charge < -0.3 is 4.74 Å². The molecule has 0 fully saturated rings. The SMILES string of the molecule is COC(=O)c1cc(C=CCSC(C)=O)ccc1C. The minimum atomic E-state index is -0.333. The summed E-state index contributed by atoms with van der Waals surface area (Å²) in [6.45, 7) is 3.41. The molecule has 0 spiro atoms. The van der Waals surface area contributed by atoms with Crippen LogP contribution in [0.15, 0.2) is 24.3 Å². The fraction of sp³-hybridized carbons (Fsp3) is 0.286. The standard InChI is InChI=1S/C14H16O3S/c1-10-6-7-12(5-4-8-18-11(2)15)9-13(10)14(16)17-3/h4-7,9H,8H2,1-3H3. The number of methoxy groups -OCH3 is 1. The van der Waals surface area contributed by atoms with Crippen molar-refractivity contribution in [2.75, 3.05) is 12.9 Å². The van der Waals surface area contributed by atoms with Crippen LogP contribution < -0.4 is 0 Å². The van der Waals surface area contributed by atoms with Crippen LogP contribution in [0, 0.1) is 6.92 Å². The summed E-state index contributed by atoms with van der Waals surface area (Å²) < 4.78 is 4.72. The van der Waals surface area contributed by atoms with Crippen LogP contribution in [0.25, 0.3) is 6.08 Å². The average molecular weight is 264 g/mol. The third kappa shape index (κ3) is 4.37. The lowest BCUT2D eigenvalue weighted by atomic mass is 10.0. The van der Waals surface area contributed by atoms with E-state index in [0.717, 1.165) is 11.1 Å². The van der Waals surface area contributed by atoms with E-state index in [1.807, 2.05) is 31.2 Å². The molecule has 1 aromatic rings. The molecule has 96 valence electrons. The lowest BCUT2D eigenvalue weighted by Gasteiger charge is -2.04. The maximum Gasteiger partial charge on any atom is 0.338 e. The second kappa shape index (κ2) is 7.01. The summed E-state index contributed by atoms with van der Waals surface area (Å²) >= 11 is 1.25. The zero-order valence-corrected chi connectivity index (χ0v) is 11.5. The number of benzene rings is 1. The number of hydrogen-bond donors (Lipinski definition) is 0. The van der Waals surface area contributed by atoms with E-state index in [-0.39, 0.29) is 11.1 Å². The monoisotopic (exact) mass is 264 g/mol. The van der Waals surface area contributed by atoms with E-state index >= 15 is 0 Å². The number of hydrogen-bond acceptors (Lipinski definition) is 4. The van der Waals surface area contributed by atoms with Crippen LogP contribution in [-0.2, 0) is 9.53 Å². The predicted octanol–water partition coefficient (Wildman–Crippen LogP) is 3.07. The van der Waals surface area contributed by atoms with E-state index in [0.29, 0.717) is 11.3 Å². The van der Waals surface area contributed by atoms with Crippen molar-refractivity contribution in [1.29, 1.82) is 0 Å². The Morgan fingerprint density at radius 3 is 2.72 bits per heavy atom. The third-order valence-electron chi connectivity index (χ3n) is 2.36. The summed E-state index contributed by atoms with van der Waals surface area (Å²) in [4.78, 5) is 22.3. The van der Waals surface area contributed by atoms with Crippen LogP contribution in [0.2, 0.25) is 0 Å². The molecule has 1 rings (SSSR count). The van der Waals surface area contributed by atoms with Crippen molar-refractivity contribution in [3.63, 3.8) is 0 Å². The van der Waals surface area contributed by atoms with Crippen molar-refractivity contribution in [2.24, 2.45) is 0 Å². The number of rotatable bonds is 4. The molecule has 0 atom stereocenters. The van der Waals surface area contributed by atoms with Gasteiger partial charge in [0.05, 0.1) is 12.7 Å². The van der Waals surface area contributed by atoms with Crippen molar-refractivity contribution < 1.29 is 14.3 Å². The highest BCUT2D eigenvalue weighted by Gasteiger charge is 2.08. The Morgan fingerprint density at radius 1 is 1.39 bits per heavy atom. The third-order valence-corrected chi connectivity index (χ3v) is 3.13. The van der Waals surface area contributed by atoms with Gasteiger partial charge in [-0.1, -0.05) is 36.0 Å². The lowest BCUT2D eigenvalue weighted by Crippen LogP contribution is -2.03. The Bertz CT molecular complexity index is 478. The molecule has 18 heavy (non-hydrogen) atoms. The molecule has 0 aliphatic carbocycles. The van der Waals surface area contributed by atoms with Gasteiger partial charge in [0.1, 0.15) is 0 Å². The first kappa shape index (κ1) is 14.5. The van der Waals surface area contributed by atoms with E-state index in [1.54, 1.807) is 13.0 Å². The van der Waals surface area contributed by atoms with Gasteiger partial charge in [0.15, 0.2) is 5.12 Å². The number of ether oxygens (including phenoxy) is 1. The van der Waals surface area contributed by atoms with Crippen LogP contribution in [0.3, 0.4) is 0 Å². The van der Waals surface area contributed by atoms with Gasteiger partial charge in [-0.15, -0.1) is 0 Å². The Hall–Kier alpha value is -1.55. The number of esters is 1. The Kier molecular flexibility index (Phi) is 5.65. The van der Waals surface area contributed by atoms with E-state index in [2.05, 4.69) is 0 Å². The normalized spacial score (nSPS) is 10.6. The number of thioether (sulfide) groups is 1. The molecule has 0 saturated heterocycles. The van der Waals surface area contributed by atoms with Gasteiger partial charge in [-0.2, -0.15) is 0 Å². The van der Waals surface area contributed by atoms with Gasteiger partial charge >= 0.3 is 5.97 Å². The van der Waals surface area contributed by atoms with Gasteiger partial charge in [0.2, 0.25) is 0 Å². The molecule has 0 heterocycles. The number of aryl methyl sites for hydroxylation is 1. The first-order valence-electron chi connectivity index (χ1n) is 5.53. The van der Waals surface area contributed by atoms with Crippen LogP contribution in [-0.4, -0.2) is 23.9 Å². The predicted molar refractivity (Wildman–Crippen MR) is 74.7 cm³/mol. The molecule has 0 aliphatic rings. The summed E-state index contributed by atoms with van der Waals surface area (Å²) in [6, 6.07) is 5.59. The fourth-order valence-corrected chi connectivity index (χ4v) is 1.85. The quantitative estimate of drug-likeness (QED) is 0.784. The van der Waals surface area contributed by atoms with Crippen molar-refractivity contribution >= 4 is 28.9 Å². The van der Waals surface area contributed by atoms with Crippen LogP contribution >= 0.6 is 11.8 Å². The molecule has 0 amide bonds. The largest absolute Gasteiger partial charge is 0.465 e. The van der Waals surface area contributed by atoms with Crippen molar-refractivity contribution in [2.45, 2.75) is 13.8 Å². The molecular weight excluding hydrogens is 248 g/mol.